The summed E-state index contributed by atoms with van der Waals surface area (Å²) < 4.78 is 34.1. The van der Waals surface area contributed by atoms with Gasteiger partial charge in [-0.15, -0.1) is 0 Å². The molecule has 76 heavy (non-hydrogen) atoms. The molecule has 3 aromatic rings. The van der Waals surface area contributed by atoms with Gasteiger partial charge in [0.05, 0.1) is 83.6 Å². The van der Waals surface area contributed by atoms with Gasteiger partial charge in [-0.25, -0.2) is 0 Å². The van der Waals surface area contributed by atoms with Crippen molar-refractivity contribution in [3.63, 3.8) is 0 Å². The standard InChI is InChI=1S/3C17H27NO3.C6H8O7/c3*1-2-6-15(21-17-9-4-3-8-16(17)19)7-5-10-18-11-13-20-14-12-18;7-3(8)1-6(13,5(11)12)2-4(9)10/h3*3-4,8-9,15,19H,2,5-7,10-14H2,1H3;13H,1-2H2,(H,7,8)(H,9,10)(H,11,12). The van der Waals surface area contributed by atoms with Gasteiger partial charge in [-0.2, -0.15) is 0 Å². The summed E-state index contributed by atoms with van der Waals surface area (Å²) in [6.07, 6.45) is 10.9. The predicted octanol–water partition coefficient (Wildman–Crippen LogP) is -0.348. The van der Waals surface area contributed by atoms with Gasteiger partial charge < -0.3 is 93.3 Å². The summed E-state index contributed by atoms with van der Waals surface area (Å²) in [6.45, 7) is 22.2. The summed E-state index contributed by atoms with van der Waals surface area (Å²) in [5, 5.41) is 68.4. The number of phenols is 3. The van der Waals surface area contributed by atoms with Crippen LogP contribution in [0.1, 0.15) is 111 Å². The van der Waals surface area contributed by atoms with E-state index < -0.39 is 36.4 Å². The Morgan fingerprint density at radius 2 is 0.750 bits per heavy atom. The number of aliphatic carboxylic acids is 3. The second-order valence-electron chi connectivity index (χ2n) is 19.7. The molecule has 19 nitrogen and oxygen atoms in total. The van der Waals surface area contributed by atoms with Crippen molar-refractivity contribution in [3.8, 4) is 34.5 Å². The molecule has 19 heteroatoms. The van der Waals surface area contributed by atoms with Crippen LogP contribution in [-0.4, -0.2) is 161 Å². The average Bonchev–Trinajstić information content (AvgIpc) is 3.39. The highest BCUT2D eigenvalue weighted by molar-refractivity contribution is 5.86. The summed E-state index contributed by atoms with van der Waals surface area (Å²) >= 11 is 0. The van der Waals surface area contributed by atoms with E-state index in [0.29, 0.717) is 17.2 Å². The number of benzene rings is 3. The number of quaternary nitrogens is 3. The van der Waals surface area contributed by atoms with Crippen LogP contribution in [0.2, 0.25) is 0 Å². The minimum atomic E-state index is -2.97. The molecule has 3 fully saturated rings. The summed E-state index contributed by atoms with van der Waals surface area (Å²) in [7, 11) is 0. The maximum absolute atomic E-state index is 10.1. The van der Waals surface area contributed by atoms with E-state index in [-0.39, 0.29) is 35.6 Å². The van der Waals surface area contributed by atoms with Crippen LogP contribution in [0, 0.1) is 0 Å². The zero-order valence-electron chi connectivity index (χ0n) is 45.4. The number of para-hydroxylation sites is 6. The van der Waals surface area contributed by atoms with Gasteiger partial charge in [0.2, 0.25) is 0 Å². The van der Waals surface area contributed by atoms with E-state index in [4.69, 9.17) is 33.5 Å². The van der Waals surface area contributed by atoms with Gasteiger partial charge in [0.25, 0.3) is 0 Å². The topological polar surface area (TPSA) is 270 Å². The minimum Gasteiger partial charge on any atom is -0.550 e. The van der Waals surface area contributed by atoms with Gasteiger partial charge in [0.15, 0.2) is 34.5 Å². The van der Waals surface area contributed by atoms with Crippen molar-refractivity contribution in [1.82, 2.24) is 0 Å². The lowest BCUT2D eigenvalue weighted by Crippen LogP contribution is -3.14. The lowest BCUT2D eigenvalue weighted by atomic mass is 9.96. The predicted molar refractivity (Wildman–Crippen MR) is 278 cm³/mol. The molecule has 6 rings (SSSR count). The third kappa shape index (κ3) is 27.6. The van der Waals surface area contributed by atoms with Crippen LogP contribution in [0.25, 0.3) is 0 Å². The summed E-state index contributed by atoms with van der Waals surface area (Å²) in [4.78, 5) is 34.9. The van der Waals surface area contributed by atoms with Crippen LogP contribution in [0.5, 0.6) is 34.5 Å². The number of nitrogens with one attached hydrogen (secondary N) is 3. The van der Waals surface area contributed by atoms with Crippen LogP contribution in [0.4, 0.5) is 0 Å². The lowest BCUT2D eigenvalue weighted by molar-refractivity contribution is -0.908. The van der Waals surface area contributed by atoms with E-state index in [0.717, 1.165) is 156 Å². The van der Waals surface area contributed by atoms with Gasteiger partial charge in [0, 0.05) is 24.8 Å². The third-order valence-corrected chi connectivity index (χ3v) is 13.3. The Balaban J connectivity index is 0.000000271. The molecule has 3 unspecified atom stereocenters. The SMILES string of the molecule is CCCC(CCC[NH+]1CCOCC1)Oc1ccccc1O.CCCC(CCC[NH+]1CCOCC1)Oc1ccccc1O.CCCC(CCC[NH+]1CCOCC1)Oc1ccccc1O.O=C([O-])CC(O)(CC(=O)[O-])C(=O)[O-]. The Kier molecular flexibility index (Phi) is 32.6. The molecule has 0 amide bonds. The first-order valence-corrected chi connectivity index (χ1v) is 27.6. The minimum absolute atomic E-state index is 0.198. The number of morpholine rings is 3. The van der Waals surface area contributed by atoms with Crippen LogP contribution in [0.3, 0.4) is 0 Å². The molecule has 0 radical (unpaired) electrons. The van der Waals surface area contributed by atoms with Gasteiger partial charge in [-0.1, -0.05) is 76.4 Å². The highest BCUT2D eigenvalue weighted by Gasteiger charge is 2.29. The van der Waals surface area contributed by atoms with Crippen LogP contribution >= 0.6 is 0 Å². The molecule has 0 bridgehead atoms. The lowest BCUT2D eigenvalue weighted by Gasteiger charge is -2.29. The number of carbonyl (C=O) groups is 3. The van der Waals surface area contributed by atoms with E-state index in [1.165, 1.54) is 19.6 Å². The maximum atomic E-state index is 10.1. The largest absolute Gasteiger partial charge is 0.550 e. The first-order chi connectivity index (χ1) is 36.7. The number of carboxylic acid groups (broad SMARTS) is 3. The Bertz CT molecular complexity index is 1830. The van der Waals surface area contributed by atoms with E-state index in [2.05, 4.69) is 20.8 Å². The van der Waals surface area contributed by atoms with Crippen LogP contribution < -0.4 is 44.2 Å². The van der Waals surface area contributed by atoms with Crippen molar-refractivity contribution in [2.24, 2.45) is 0 Å². The second-order valence-corrected chi connectivity index (χ2v) is 19.7. The molecule has 3 aliphatic rings. The fourth-order valence-electron chi connectivity index (χ4n) is 9.12. The first-order valence-electron chi connectivity index (χ1n) is 27.6. The van der Waals surface area contributed by atoms with Crippen molar-refractivity contribution in [2.45, 2.75) is 135 Å². The Morgan fingerprint density at radius 3 is 0.974 bits per heavy atom. The van der Waals surface area contributed by atoms with Gasteiger partial charge in [0.1, 0.15) is 44.9 Å². The van der Waals surface area contributed by atoms with Crippen molar-refractivity contribution in [1.29, 1.82) is 0 Å². The molecule has 3 aromatic carbocycles. The quantitative estimate of drug-likeness (QED) is 0.0469. The summed E-state index contributed by atoms with van der Waals surface area (Å²) in [6, 6.07) is 21.7. The Labute approximate surface area is 450 Å². The van der Waals surface area contributed by atoms with E-state index in [1.54, 1.807) is 32.9 Å². The number of aliphatic hydroxyl groups is 1. The maximum Gasteiger partial charge on any atom is 0.161 e. The second kappa shape index (κ2) is 38.2. The number of ether oxygens (including phenoxy) is 6. The molecule has 3 atom stereocenters. The van der Waals surface area contributed by atoms with Gasteiger partial charge in [-0.05, 0) is 94.2 Å². The number of hydrogen-bond acceptors (Lipinski definition) is 16. The van der Waals surface area contributed by atoms with Gasteiger partial charge in [-0.3, -0.25) is 0 Å². The number of rotatable bonds is 29. The zero-order chi connectivity index (χ0) is 55.4. The normalized spacial score (nSPS) is 16.4. The van der Waals surface area contributed by atoms with Crippen LogP contribution in [-0.2, 0) is 28.6 Å². The molecule has 3 saturated heterocycles. The molecular formula is C57H89N3O16. The number of carbonyl (C=O) groups excluding carboxylic acids is 3. The van der Waals surface area contributed by atoms with Crippen LogP contribution in [0.15, 0.2) is 72.8 Å². The molecule has 0 spiro atoms. The third-order valence-electron chi connectivity index (χ3n) is 13.3. The molecule has 7 N–H and O–H groups in total. The van der Waals surface area contributed by atoms with Crippen molar-refractivity contribution >= 4 is 17.9 Å². The van der Waals surface area contributed by atoms with Gasteiger partial charge >= 0.3 is 0 Å². The number of phenolic OH excluding ortho intramolecular Hbond substituents is 3. The molecule has 428 valence electrons. The highest BCUT2D eigenvalue weighted by atomic mass is 16.5. The Hall–Kier alpha value is -5.41. The summed E-state index contributed by atoms with van der Waals surface area (Å²) in [5.41, 5.74) is -2.97. The van der Waals surface area contributed by atoms with Crippen molar-refractivity contribution in [2.75, 3.05) is 98.5 Å². The van der Waals surface area contributed by atoms with E-state index in [1.807, 2.05) is 54.6 Å². The molecule has 3 heterocycles. The monoisotopic (exact) mass is 1070 g/mol. The zero-order valence-corrected chi connectivity index (χ0v) is 45.4. The van der Waals surface area contributed by atoms with Crippen molar-refractivity contribution < 1.29 is 93.3 Å². The molecule has 0 saturated carbocycles. The number of carboxylic acids is 3. The summed E-state index contributed by atoms with van der Waals surface area (Å²) in [5.74, 6) is -3.46. The number of hydrogen-bond donors (Lipinski definition) is 7. The molecular weight excluding hydrogens is 983 g/mol. The van der Waals surface area contributed by atoms with E-state index >= 15 is 0 Å². The fourth-order valence-corrected chi connectivity index (χ4v) is 9.12. The Morgan fingerprint density at radius 1 is 0.487 bits per heavy atom. The molecule has 3 aliphatic heterocycles. The average molecular weight is 1070 g/mol. The molecule has 0 aliphatic carbocycles. The first kappa shape index (κ1) is 64.9. The number of aromatic hydroxyl groups is 3. The fraction of sp³-hybridized carbons (Fsp3) is 0.632. The molecule has 0 aromatic heterocycles. The van der Waals surface area contributed by atoms with Crippen molar-refractivity contribution in [3.05, 3.63) is 72.8 Å². The highest BCUT2D eigenvalue weighted by Crippen LogP contribution is 2.29. The van der Waals surface area contributed by atoms with E-state index in [9.17, 15) is 45.0 Å². The smallest absolute Gasteiger partial charge is 0.161 e.